The van der Waals surface area contributed by atoms with Crippen molar-refractivity contribution >= 4 is 5.69 Å². The third-order valence-electron chi connectivity index (χ3n) is 3.25. The molecule has 0 radical (unpaired) electrons. The first-order valence-electron chi connectivity index (χ1n) is 6.81. The van der Waals surface area contributed by atoms with Crippen LogP contribution in [0, 0.1) is 11.3 Å². The number of hydrogen-bond donors (Lipinski definition) is 1. The van der Waals surface area contributed by atoms with E-state index in [1.165, 1.54) is 6.07 Å². The van der Waals surface area contributed by atoms with Crippen LogP contribution in [0.25, 0.3) is 0 Å². The maximum atomic E-state index is 12.8. The summed E-state index contributed by atoms with van der Waals surface area (Å²) < 4.78 is 38.3. The molecule has 0 saturated carbocycles. The van der Waals surface area contributed by atoms with Crippen molar-refractivity contribution in [2.75, 3.05) is 18.1 Å². The number of halogens is 3. The highest BCUT2D eigenvalue weighted by atomic mass is 19.4. The standard InChI is InChI=1S/C16H14F3N3O/c17-16(18,19)14-3-4-15(13(8-14)9-20)22(6-7-23)11-12-2-1-5-21-10-12/h1-5,8,10,23H,6-7,11H2. The van der Waals surface area contributed by atoms with E-state index < -0.39 is 11.7 Å². The van der Waals surface area contributed by atoms with Crippen molar-refractivity contribution in [2.24, 2.45) is 0 Å². The van der Waals surface area contributed by atoms with Gasteiger partial charge in [-0.25, -0.2) is 0 Å². The summed E-state index contributed by atoms with van der Waals surface area (Å²) in [6.45, 7) is 0.329. The molecule has 4 nitrogen and oxygen atoms in total. The molecule has 0 aliphatic carbocycles. The van der Waals surface area contributed by atoms with Gasteiger partial charge in [-0.2, -0.15) is 18.4 Å². The zero-order valence-corrected chi connectivity index (χ0v) is 12.1. The molecule has 0 fully saturated rings. The van der Waals surface area contributed by atoms with E-state index in [4.69, 9.17) is 0 Å². The van der Waals surface area contributed by atoms with Gasteiger partial charge in [0.15, 0.2) is 0 Å². The van der Waals surface area contributed by atoms with Crippen molar-refractivity contribution in [3.8, 4) is 6.07 Å². The fourth-order valence-electron chi connectivity index (χ4n) is 2.20. The molecule has 2 rings (SSSR count). The lowest BCUT2D eigenvalue weighted by molar-refractivity contribution is -0.137. The lowest BCUT2D eigenvalue weighted by Gasteiger charge is -2.25. The Kier molecular flexibility index (Phi) is 5.19. The minimum atomic E-state index is -4.50. The van der Waals surface area contributed by atoms with Gasteiger partial charge < -0.3 is 10.0 Å². The first kappa shape index (κ1) is 16.8. The average molecular weight is 321 g/mol. The minimum Gasteiger partial charge on any atom is -0.395 e. The van der Waals surface area contributed by atoms with Gasteiger partial charge in [-0.15, -0.1) is 0 Å². The van der Waals surface area contributed by atoms with Crippen molar-refractivity contribution in [3.05, 3.63) is 59.4 Å². The van der Waals surface area contributed by atoms with Crippen molar-refractivity contribution in [1.29, 1.82) is 5.26 Å². The normalized spacial score (nSPS) is 11.1. The number of aliphatic hydroxyl groups is 1. The number of nitrogens with zero attached hydrogens (tertiary/aromatic N) is 3. The predicted octanol–water partition coefficient (Wildman–Crippen LogP) is 2.97. The number of rotatable bonds is 5. The van der Waals surface area contributed by atoms with E-state index in [1.807, 2.05) is 6.07 Å². The number of nitriles is 1. The van der Waals surface area contributed by atoms with E-state index in [9.17, 15) is 23.5 Å². The number of aromatic nitrogens is 1. The maximum Gasteiger partial charge on any atom is 0.416 e. The lowest BCUT2D eigenvalue weighted by Crippen LogP contribution is -2.27. The molecule has 2 aromatic rings. The number of benzene rings is 1. The second kappa shape index (κ2) is 7.11. The highest BCUT2D eigenvalue weighted by Crippen LogP contribution is 2.33. The van der Waals surface area contributed by atoms with Gasteiger partial charge in [-0.1, -0.05) is 6.07 Å². The van der Waals surface area contributed by atoms with E-state index in [0.717, 1.165) is 17.7 Å². The van der Waals surface area contributed by atoms with Crippen LogP contribution >= 0.6 is 0 Å². The maximum absolute atomic E-state index is 12.8. The number of alkyl halides is 3. The van der Waals surface area contributed by atoms with Gasteiger partial charge in [-0.05, 0) is 29.8 Å². The van der Waals surface area contributed by atoms with Gasteiger partial charge in [-0.3, -0.25) is 4.98 Å². The van der Waals surface area contributed by atoms with Crippen LogP contribution in [-0.2, 0) is 12.7 Å². The van der Waals surface area contributed by atoms with Gasteiger partial charge in [0.25, 0.3) is 0 Å². The Hall–Kier alpha value is -2.59. The number of hydrogen-bond acceptors (Lipinski definition) is 4. The average Bonchev–Trinajstić information content (AvgIpc) is 2.54. The van der Waals surface area contributed by atoms with Crippen LogP contribution in [0.1, 0.15) is 16.7 Å². The Morgan fingerprint density at radius 2 is 2.04 bits per heavy atom. The monoisotopic (exact) mass is 321 g/mol. The third kappa shape index (κ3) is 4.20. The smallest absolute Gasteiger partial charge is 0.395 e. The Morgan fingerprint density at radius 3 is 2.61 bits per heavy atom. The van der Waals surface area contributed by atoms with Gasteiger partial charge in [0.05, 0.1) is 23.4 Å². The lowest BCUT2D eigenvalue weighted by atomic mass is 10.1. The summed E-state index contributed by atoms with van der Waals surface area (Å²) in [5, 5.41) is 18.4. The molecule has 1 heterocycles. The molecular formula is C16H14F3N3O. The summed E-state index contributed by atoms with van der Waals surface area (Å²) in [4.78, 5) is 5.63. The highest BCUT2D eigenvalue weighted by molar-refractivity contribution is 5.61. The topological polar surface area (TPSA) is 60.2 Å². The quantitative estimate of drug-likeness (QED) is 0.920. The summed E-state index contributed by atoms with van der Waals surface area (Å²) in [5.41, 5.74) is 0.212. The molecule has 0 amide bonds. The molecule has 0 aliphatic heterocycles. The van der Waals surface area contributed by atoms with Crippen molar-refractivity contribution < 1.29 is 18.3 Å². The van der Waals surface area contributed by atoms with Gasteiger partial charge in [0.2, 0.25) is 0 Å². The number of aliphatic hydroxyl groups excluding tert-OH is 1. The van der Waals surface area contributed by atoms with Crippen LogP contribution in [0.4, 0.5) is 18.9 Å². The molecule has 0 spiro atoms. The predicted molar refractivity (Wildman–Crippen MR) is 78.5 cm³/mol. The molecule has 1 N–H and O–H groups in total. The summed E-state index contributed by atoms with van der Waals surface area (Å²) in [7, 11) is 0. The van der Waals surface area contributed by atoms with Crippen LogP contribution < -0.4 is 4.90 Å². The van der Waals surface area contributed by atoms with E-state index >= 15 is 0 Å². The molecule has 7 heteroatoms. The van der Waals surface area contributed by atoms with Crippen LogP contribution in [0.3, 0.4) is 0 Å². The van der Waals surface area contributed by atoms with Crippen molar-refractivity contribution in [1.82, 2.24) is 4.98 Å². The molecule has 1 aromatic heterocycles. The van der Waals surface area contributed by atoms with E-state index in [-0.39, 0.29) is 18.7 Å². The SMILES string of the molecule is N#Cc1cc(C(F)(F)F)ccc1N(CCO)Cc1cccnc1. The van der Waals surface area contributed by atoms with E-state index in [1.54, 1.807) is 29.4 Å². The largest absolute Gasteiger partial charge is 0.416 e. The van der Waals surface area contributed by atoms with Crippen LogP contribution in [-0.4, -0.2) is 23.2 Å². The fraction of sp³-hybridized carbons (Fsp3) is 0.250. The minimum absolute atomic E-state index is 0.0860. The highest BCUT2D eigenvalue weighted by Gasteiger charge is 2.31. The summed E-state index contributed by atoms with van der Waals surface area (Å²) >= 11 is 0. The van der Waals surface area contributed by atoms with Crippen LogP contribution in [0.5, 0.6) is 0 Å². The first-order chi connectivity index (χ1) is 11.0. The van der Waals surface area contributed by atoms with E-state index in [2.05, 4.69) is 4.98 Å². The Bertz CT molecular complexity index is 696. The fourth-order valence-corrected chi connectivity index (χ4v) is 2.20. The van der Waals surface area contributed by atoms with Crippen LogP contribution in [0.2, 0.25) is 0 Å². The molecule has 0 unspecified atom stereocenters. The van der Waals surface area contributed by atoms with Crippen molar-refractivity contribution in [3.63, 3.8) is 0 Å². The van der Waals surface area contributed by atoms with Crippen LogP contribution in [0.15, 0.2) is 42.7 Å². The zero-order valence-electron chi connectivity index (χ0n) is 12.1. The van der Waals surface area contributed by atoms with Gasteiger partial charge >= 0.3 is 6.18 Å². The second-order valence-corrected chi connectivity index (χ2v) is 4.85. The van der Waals surface area contributed by atoms with Gasteiger partial charge in [0.1, 0.15) is 6.07 Å². The number of pyridine rings is 1. The first-order valence-corrected chi connectivity index (χ1v) is 6.81. The molecule has 120 valence electrons. The Balaban J connectivity index is 2.37. The molecule has 0 saturated heterocycles. The van der Waals surface area contributed by atoms with E-state index in [0.29, 0.717) is 12.2 Å². The summed E-state index contributed by atoms with van der Waals surface area (Å²) in [5.74, 6) is 0. The molecule has 0 aliphatic rings. The molecule has 0 bridgehead atoms. The molecule has 1 aromatic carbocycles. The summed E-state index contributed by atoms with van der Waals surface area (Å²) in [6, 6.07) is 8.36. The zero-order chi connectivity index (χ0) is 16.9. The Morgan fingerprint density at radius 1 is 1.26 bits per heavy atom. The van der Waals surface area contributed by atoms with Gasteiger partial charge in [0, 0.05) is 25.5 Å². The third-order valence-corrected chi connectivity index (χ3v) is 3.25. The van der Waals surface area contributed by atoms with Crippen molar-refractivity contribution in [2.45, 2.75) is 12.7 Å². The summed E-state index contributed by atoms with van der Waals surface area (Å²) in [6.07, 6.45) is -1.27. The number of anilines is 1. The molecule has 23 heavy (non-hydrogen) atoms. The Labute approximate surface area is 131 Å². The molecular weight excluding hydrogens is 307 g/mol. The molecule has 0 atom stereocenters. The second-order valence-electron chi connectivity index (χ2n) is 4.85.